The van der Waals surface area contributed by atoms with Gasteiger partial charge in [0.2, 0.25) is 0 Å². The number of hydrogen-bond donors (Lipinski definition) is 1. The maximum absolute atomic E-state index is 4.28. The van der Waals surface area contributed by atoms with E-state index in [0.29, 0.717) is 6.04 Å². The Labute approximate surface area is 85.8 Å². The fourth-order valence-electron chi connectivity index (χ4n) is 1.21. The van der Waals surface area contributed by atoms with E-state index in [2.05, 4.69) is 29.1 Å². The summed E-state index contributed by atoms with van der Waals surface area (Å²) in [6.45, 7) is 4.89. The minimum Gasteiger partial charge on any atom is -0.308 e. The van der Waals surface area contributed by atoms with Gasteiger partial charge in [0.05, 0.1) is 5.69 Å². The summed E-state index contributed by atoms with van der Waals surface area (Å²) >= 11 is 0. The van der Waals surface area contributed by atoms with E-state index in [9.17, 15) is 0 Å². The lowest BCUT2D eigenvalue weighted by atomic mass is 10.2. The number of rotatable bonds is 4. The number of aromatic nitrogens is 1. The number of pyridine rings is 1. The molecule has 1 heterocycles. The SMILES string of the molecule is CC#CCCN[C@@H](C)c1ccccn1. The molecule has 74 valence electrons. The molecular formula is C12H16N2. The Morgan fingerprint density at radius 3 is 3.00 bits per heavy atom. The van der Waals surface area contributed by atoms with Crippen molar-refractivity contribution in [1.82, 2.24) is 10.3 Å². The van der Waals surface area contributed by atoms with Crippen LogP contribution >= 0.6 is 0 Å². The number of hydrogen-bond acceptors (Lipinski definition) is 2. The molecule has 0 aliphatic carbocycles. The van der Waals surface area contributed by atoms with Crippen molar-refractivity contribution in [2.24, 2.45) is 0 Å². The first-order valence-corrected chi connectivity index (χ1v) is 4.88. The largest absolute Gasteiger partial charge is 0.308 e. The molecule has 0 saturated heterocycles. The van der Waals surface area contributed by atoms with Crippen molar-refractivity contribution in [3.63, 3.8) is 0 Å². The van der Waals surface area contributed by atoms with Crippen LogP contribution in [0.25, 0.3) is 0 Å². The Hall–Kier alpha value is -1.33. The molecule has 0 unspecified atom stereocenters. The first kappa shape index (κ1) is 10.7. The van der Waals surface area contributed by atoms with Crippen LogP contribution in [-0.2, 0) is 0 Å². The van der Waals surface area contributed by atoms with Crippen molar-refractivity contribution in [3.05, 3.63) is 30.1 Å². The van der Waals surface area contributed by atoms with E-state index in [1.165, 1.54) is 0 Å². The van der Waals surface area contributed by atoms with Gasteiger partial charge in [0.1, 0.15) is 0 Å². The van der Waals surface area contributed by atoms with Gasteiger partial charge in [-0.3, -0.25) is 4.98 Å². The molecular weight excluding hydrogens is 172 g/mol. The summed E-state index contributed by atoms with van der Waals surface area (Å²) in [5, 5.41) is 3.37. The zero-order valence-corrected chi connectivity index (χ0v) is 8.75. The van der Waals surface area contributed by atoms with Gasteiger partial charge in [-0.25, -0.2) is 0 Å². The molecule has 2 nitrogen and oxygen atoms in total. The van der Waals surface area contributed by atoms with Gasteiger partial charge in [-0.15, -0.1) is 11.8 Å². The minimum atomic E-state index is 0.301. The monoisotopic (exact) mass is 188 g/mol. The van der Waals surface area contributed by atoms with E-state index in [0.717, 1.165) is 18.7 Å². The summed E-state index contributed by atoms with van der Waals surface area (Å²) in [6.07, 6.45) is 2.72. The average molecular weight is 188 g/mol. The number of nitrogens with zero attached hydrogens (tertiary/aromatic N) is 1. The Bertz CT molecular complexity index is 308. The van der Waals surface area contributed by atoms with Gasteiger partial charge in [-0.05, 0) is 26.0 Å². The van der Waals surface area contributed by atoms with Crippen LogP contribution in [0.4, 0.5) is 0 Å². The third-order valence-corrected chi connectivity index (χ3v) is 2.01. The zero-order chi connectivity index (χ0) is 10.2. The van der Waals surface area contributed by atoms with E-state index in [1.807, 2.05) is 31.3 Å². The lowest BCUT2D eigenvalue weighted by molar-refractivity contribution is 0.570. The fraction of sp³-hybridized carbons (Fsp3) is 0.417. The molecule has 1 atom stereocenters. The predicted molar refractivity (Wildman–Crippen MR) is 58.7 cm³/mol. The highest BCUT2D eigenvalue weighted by Crippen LogP contribution is 2.06. The van der Waals surface area contributed by atoms with Crippen molar-refractivity contribution < 1.29 is 0 Å². The van der Waals surface area contributed by atoms with Crippen LogP contribution in [0.15, 0.2) is 24.4 Å². The molecule has 1 aromatic heterocycles. The predicted octanol–water partition coefficient (Wildman–Crippen LogP) is 2.15. The molecule has 0 fully saturated rings. The van der Waals surface area contributed by atoms with Gasteiger partial charge < -0.3 is 5.32 Å². The Morgan fingerprint density at radius 2 is 2.36 bits per heavy atom. The van der Waals surface area contributed by atoms with Gasteiger partial charge in [-0.2, -0.15) is 0 Å². The van der Waals surface area contributed by atoms with E-state index < -0.39 is 0 Å². The molecule has 0 aliphatic rings. The Kier molecular flexibility index (Phi) is 4.74. The summed E-state index contributed by atoms with van der Waals surface area (Å²) in [5.74, 6) is 5.90. The molecule has 0 radical (unpaired) electrons. The van der Waals surface area contributed by atoms with Crippen LogP contribution in [-0.4, -0.2) is 11.5 Å². The van der Waals surface area contributed by atoms with Crippen LogP contribution in [0.3, 0.4) is 0 Å². The molecule has 0 amide bonds. The highest BCUT2D eigenvalue weighted by Gasteiger charge is 2.03. The van der Waals surface area contributed by atoms with Gasteiger partial charge in [0, 0.05) is 25.2 Å². The van der Waals surface area contributed by atoms with Crippen LogP contribution in [0.1, 0.15) is 32.0 Å². The second-order valence-electron chi connectivity index (χ2n) is 3.11. The lowest BCUT2D eigenvalue weighted by Gasteiger charge is -2.11. The molecule has 1 aromatic rings. The molecule has 2 heteroatoms. The van der Waals surface area contributed by atoms with Gasteiger partial charge >= 0.3 is 0 Å². The van der Waals surface area contributed by atoms with Crippen LogP contribution < -0.4 is 5.32 Å². The van der Waals surface area contributed by atoms with E-state index >= 15 is 0 Å². The molecule has 1 rings (SSSR count). The lowest BCUT2D eigenvalue weighted by Crippen LogP contribution is -2.20. The third-order valence-electron chi connectivity index (χ3n) is 2.01. The maximum atomic E-state index is 4.28. The van der Waals surface area contributed by atoms with E-state index in [-0.39, 0.29) is 0 Å². The van der Waals surface area contributed by atoms with Crippen molar-refractivity contribution in [2.45, 2.75) is 26.3 Å². The molecule has 0 aromatic carbocycles. The van der Waals surface area contributed by atoms with Gasteiger partial charge in [0.25, 0.3) is 0 Å². The van der Waals surface area contributed by atoms with Crippen LogP contribution in [0.2, 0.25) is 0 Å². The molecule has 0 saturated carbocycles. The van der Waals surface area contributed by atoms with E-state index in [4.69, 9.17) is 0 Å². The summed E-state index contributed by atoms with van der Waals surface area (Å²) in [4.78, 5) is 4.28. The third kappa shape index (κ3) is 3.59. The second kappa shape index (κ2) is 6.17. The minimum absolute atomic E-state index is 0.301. The summed E-state index contributed by atoms with van der Waals surface area (Å²) < 4.78 is 0. The first-order chi connectivity index (χ1) is 6.84. The highest BCUT2D eigenvalue weighted by atomic mass is 14.9. The van der Waals surface area contributed by atoms with Crippen molar-refractivity contribution in [3.8, 4) is 11.8 Å². The average Bonchev–Trinajstić information content (AvgIpc) is 2.25. The van der Waals surface area contributed by atoms with E-state index in [1.54, 1.807) is 0 Å². The summed E-state index contributed by atoms with van der Waals surface area (Å²) in [6, 6.07) is 6.27. The smallest absolute Gasteiger partial charge is 0.0570 e. The quantitative estimate of drug-likeness (QED) is 0.578. The summed E-state index contributed by atoms with van der Waals surface area (Å²) in [5.41, 5.74) is 1.08. The Balaban J connectivity index is 2.34. The first-order valence-electron chi connectivity index (χ1n) is 4.88. The highest BCUT2D eigenvalue weighted by molar-refractivity contribution is 5.07. The second-order valence-corrected chi connectivity index (χ2v) is 3.11. The van der Waals surface area contributed by atoms with Gasteiger partial charge in [-0.1, -0.05) is 6.07 Å². The number of nitrogens with one attached hydrogen (secondary N) is 1. The fourth-order valence-corrected chi connectivity index (χ4v) is 1.21. The molecule has 0 spiro atoms. The topological polar surface area (TPSA) is 24.9 Å². The molecule has 14 heavy (non-hydrogen) atoms. The molecule has 0 aliphatic heterocycles. The maximum Gasteiger partial charge on any atom is 0.0570 e. The zero-order valence-electron chi connectivity index (χ0n) is 8.75. The summed E-state index contributed by atoms with van der Waals surface area (Å²) in [7, 11) is 0. The van der Waals surface area contributed by atoms with Gasteiger partial charge in [0.15, 0.2) is 0 Å². The van der Waals surface area contributed by atoms with Crippen LogP contribution in [0, 0.1) is 11.8 Å². The van der Waals surface area contributed by atoms with Crippen LogP contribution in [0.5, 0.6) is 0 Å². The Morgan fingerprint density at radius 1 is 1.50 bits per heavy atom. The standard InChI is InChI=1S/C12H16N2/c1-3-4-6-9-13-11(2)12-8-5-7-10-14-12/h5,7-8,10-11,13H,6,9H2,1-2H3/t11-/m0/s1. The van der Waals surface area contributed by atoms with Crippen molar-refractivity contribution in [2.75, 3.05) is 6.54 Å². The molecule has 0 bridgehead atoms. The van der Waals surface area contributed by atoms with Crippen molar-refractivity contribution >= 4 is 0 Å². The molecule has 1 N–H and O–H groups in total. The normalized spacial score (nSPS) is 11.6. The van der Waals surface area contributed by atoms with Crippen molar-refractivity contribution in [1.29, 1.82) is 0 Å².